The Balaban J connectivity index is 2.23. The zero-order valence-electron chi connectivity index (χ0n) is 11.8. The third-order valence-electron chi connectivity index (χ3n) is 2.96. The lowest BCUT2D eigenvalue weighted by Crippen LogP contribution is -2.19. The summed E-state index contributed by atoms with van der Waals surface area (Å²) in [6, 6.07) is 8.25. The van der Waals surface area contributed by atoms with Crippen molar-refractivity contribution >= 4 is 23.2 Å². The van der Waals surface area contributed by atoms with Crippen LogP contribution in [0.3, 0.4) is 0 Å². The lowest BCUT2D eigenvalue weighted by molar-refractivity contribution is 0.0961. The van der Waals surface area contributed by atoms with Crippen LogP contribution in [0.4, 0.5) is 11.4 Å². The smallest absolute Gasteiger partial charge is 0.257 e. The lowest BCUT2D eigenvalue weighted by atomic mass is 10.1. The Hall–Kier alpha value is -2.89. The molecule has 6 heteroatoms. The lowest BCUT2D eigenvalue weighted by Gasteiger charge is -2.09. The van der Waals surface area contributed by atoms with Crippen LogP contribution in [0.5, 0.6) is 0 Å². The van der Waals surface area contributed by atoms with E-state index in [4.69, 9.17) is 5.73 Å². The average molecular weight is 284 g/mol. The fraction of sp³-hybridized carbons (Fsp3) is 0.133. The standard InChI is InChI=1S/C15H16N4O2/c1-9-13(7-11(16)8-18-9)15(21)19-12-5-3-4-10(6-12)14(20)17-2/h3-8H,16H2,1-2H3,(H,17,20)(H,19,21). The Morgan fingerprint density at radius 1 is 1.19 bits per heavy atom. The molecule has 0 fully saturated rings. The van der Waals surface area contributed by atoms with Gasteiger partial charge in [-0.15, -0.1) is 0 Å². The summed E-state index contributed by atoms with van der Waals surface area (Å²) in [4.78, 5) is 27.9. The summed E-state index contributed by atoms with van der Waals surface area (Å²) in [5.41, 5.74) is 8.06. The second-order valence-corrected chi connectivity index (χ2v) is 4.52. The van der Waals surface area contributed by atoms with Crippen LogP contribution in [0.25, 0.3) is 0 Å². The van der Waals surface area contributed by atoms with Crippen molar-refractivity contribution < 1.29 is 9.59 Å². The average Bonchev–Trinajstić information content (AvgIpc) is 2.49. The van der Waals surface area contributed by atoms with E-state index >= 15 is 0 Å². The number of nitrogen functional groups attached to an aromatic ring is 1. The van der Waals surface area contributed by atoms with Gasteiger partial charge in [-0.1, -0.05) is 6.07 Å². The molecule has 0 saturated carbocycles. The largest absolute Gasteiger partial charge is 0.397 e. The minimum Gasteiger partial charge on any atom is -0.397 e. The number of nitrogens with zero attached hydrogens (tertiary/aromatic N) is 1. The van der Waals surface area contributed by atoms with Crippen molar-refractivity contribution in [3.05, 3.63) is 53.3 Å². The molecule has 1 heterocycles. The minimum absolute atomic E-state index is 0.215. The Morgan fingerprint density at radius 3 is 2.67 bits per heavy atom. The van der Waals surface area contributed by atoms with E-state index in [9.17, 15) is 9.59 Å². The molecule has 0 spiro atoms. The Morgan fingerprint density at radius 2 is 1.95 bits per heavy atom. The van der Waals surface area contributed by atoms with E-state index in [-0.39, 0.29) is 11.8 Å². The molecular weight excluding hydrogens is 268 g/mol. The third kappa shape index (κ3) is 3.36. The molecule has 6 nitrogen and oxygen atoms in total. The van der Waals surface area contributed by atoms with Gasteiger partial charge in [-0.2, -0.15) is 0 Å². The molecule has 0 aliphatic rings. The van der Waals surface area contributed by atoms with Crippen molar-refractivity contribution in [1.29, 1.82) is 0 Å². The van der Waals surface area contributed by atoms with Crippen LogP contribution < -0.4 is 16.4 Å². The van der Waals surface area contributed by atoms with Crippen molar-refractivity contribution in [3.63, 3.8) is 0 Å². The molecule has 2 aromatic rings. The second kappa shape index (κ2) is 6.04. The highest BCUT2D eigenvalue weighted by molar-refractivity contribution is 6.06. The summed E-state index contributed by atoms with van der Waals surface area (Å²) in [6.07, 6.45) is 1.50. The van der Waals surface area contributed by atoms with Gasteiger partial charge >= 0.3 is 0 Å². The minimum atomic E-state index is -0.318. The topological polar surface area (TPSA) is 97.1 Å². The van der Waals surface area contributed by atoms with E-state index in [0.717, 1.165) is 0 Å². The summed E-state index contributed by atoms with van der Waals surface area (Å²) in [7, 11) is 1.55. The Bertz CT molecular complexity index is 698. The van der Waals surface area contributed by atoms with Crippen molar-refractivity contribution in [3.8, 4) is 0 Å². The first kappa shape index (κ1) is 14.5. The first-order valence-corrected chi connectivity index (χ1v) is 6.37. The van der Waals surface area contributed by atoms with Crippen LogP contribution in [0.15, 0.2) is 36.5 Å². The molecule has 0 aliphatic carbocycles. The zero-order chi connectivity index (χ0) is 15.4. The van der Waals surface area contributed by atoms with Crippen LogP contribution in [0.2, 0.25) is 0 Å². The number of pyridine rings is 1. The molecular formula is C15H16N4O2. The molecule has 0 unspecified atom stereocenters. The van der Waals surface area contributed by atoms with Crippen molar-refractivity contribution in [2.45, 2.75) is 6.92 Å². The number of aromatic nitrogens is 1. The molecule has 2 rings (SSSR count). The normalized spacial score (nSPS) is 10.0. The van der Waals surface area contributed by atoms with Crippen LogP contribution in [-0.4, -0.2) is 23.8 Å². The predicted molar refractivity (Wildman–Crippen MR) is 81.2 cm³/mol. The van der Waals surface area contributed by atoms with Gasteiger partial charge < -0.3 is 16.4 Å². The Labute approximate surface area is 122 Å². The molecule has 1 aromatic carbocycles. The fourth-order valence-corrected chi connectivity index (χ4v) is 1.86. The SMILES string of the molecule is CNC(=O)c1cccc(NC(=O)c2cc(N)cnc2C)c1. The number of carbonyl (C=O) groups is 2. The van der Waals surface area contributed by atoms with Crippen molar-refractivity contribution in [2.75, 3.05) is 18.1 Å². The number of hydrogen-bond acceptors (Lipinski definition) is 4. The summed E-state index contributed by atoms with van der Waals surface area (Å²) < 4.78 is 0. The molecule has 1 aromatic heterocycles. The molecule has 21 heavy (non-hydrogen) atoms. The van der Waals surface area contributed by atoms with Gasteiger partial charge in [-0.25, -0.2) is 0 Å². The van der Waals surface area contributed by atoms with Gasteiger partial charge in [0.25, 0.3) is 11.8 Å². The van der Waals surface area contributed by atoms with Crippen LogP contribution in [0, 0.1) is 6.92 Å². The fourth-order valence-electron chi connectivity index (χ4n) is 1.86. The highest BCUT2D eigenvalue weighted by Gasteiger charge is 2.12. The van der Waals surface area contributed by atoms with E-state index in [2.05, 4.69) is 15.6 Å². The molecule has 108 valence electrons. The van der Waals surface area contributed by atoms with Gasteiger partial charge in [0, 0.05) is 18.3 Å². The number of nitrogens with one attached hydrogen (secondary N) is 2. The van der Waals surface area contributed by atoms with Gasteiger partial charge in [0.1, 0.15) is 0 Å². The molecule has 0 aliphatic heterocycles. The Kier molecular flexibility index (Phi) is 4.18. The number of rotatable bonds is 3. The van der Waals surface area contributed by atoms with Gasteiger partial charge in [-0.3, -0.25) is 14.6 Å². The van der Waals surface area contributed by atoms with Gasteiger partial charge in [0.2, 0.25) is 0 Å². The quantitative estimate of drug-likeness (QED) is 0.797. The third-order valence-corrected chi connectivity index (χ3v) is 2.96. The van der Waals surface area contributed by atoms with E-state index in [1.807, 2.05) is 0 Å². The number of carbonyl (C=O) groups excluding carboxylic acids is 2. The van der Waals surface area contributed by atoms with E-state index < -0.39 is 0 Å². The number of hydrogen-bond donors (Lipinski definition) is 3. The maximum Gasteiger partial charge on any atom is 0.257 e. The number of anilines is 2. The van der Waals surface area contributed by atoms with Gasteiger partial charge in [-0.05, 0) is 31.2 Å². The van der Waals surface area contributed by atoms with Crippen molar-refractivity contribution in [1.82, 2.24) is 10.3 Å². The van der Waals surface area contributed by atoms with Crippen LogP contribution in [0.1, 0.15) is 26.4 Å². The van der Waals surface area contributed by atoms with E-state index in [1.165, 1.54) is 6.20 Å². The monoisotopic (exact) mass is 284 g/mol. The molecule has 0 radical (unpaired) electrons. The molecule has 0 saturated heterocycles. The molecule has 2 amide bonds. The van der Waals surface area contributed by atoms with Crippen LogP contribution in [-0.2, 0) is 0 Å². The number of nitrogens with two attached hydrogens (primary N) is 1. The molecule has 0 atom stereocenters. The van der Waals surface area contributed by atoms with E-state index in [0.29, 0.717) is 28.2 Å². The predicted octanol–water partition coefficient (Wildman–Crippen LogP) is 1.58. The highest BCUT2D eigenvalue weighted by atomic mass is 16.2. The molecule has 4 N–H and O–H groups in total. The summed E-state index contributed by atoms with van der Waals surface area (Å²) in [5, 5.41) is 5.26. The van der Waals surface area contributed by atoms with Gasteiger partial charge in [0.15, 0.2) is 0 Å². The first-order valence-electron chi connectivity index (χ1n) is 6.37. The van der Waals surface area contributed by atoms with E-state index in [1.54, 1.807) is 44.3 Å². The first-order chi connectivity index (χ1) is 10.0. The number of aryl methyl sites for hydroxylation is 1. The van der Waals surface area contributed by atoms with Gasteiger partial charge in [0.05, 0.1) is 23.1 Å². The summed E-state index contributed by atoms with van der Waals surface area (Å²) >= 11 is 0. The highest BCUT2D eigenvalue weighted by Crippen LogP contribution is 2.15. The second-order valence-electron chi connectivity index (χ2n) is 4.52. The maximum absolute atomic E-state index is 12.2. The molecule has 0 bridgehead atoms. The van der Waals surface area contributed by atoms with Crippen molar-refractivity contribution in [2.24, 2.45) is 0 Å². The number of amides is 2. The summed E-state index contributed by atoms with van der Waals surface area (Å²) in [5.74, 6) is -0.533. The maximum atomic E-state index is 12.2. The zero-order valence-corrected chi connectivity index (χ0v) is 11.8. The summed E-state index contributed by atoms with van der Waals surface area (Å²) in [6.45, 7) is 1.73. The van der Waals surface area contributed by atoms with Crippen LogP contribution >= 0.6 is 0 Å². The number of benzene rings is 1.